The lowest BCUT2D eigenvalue weighted by molar-refractivity contribution is -0.546. The van der Waals surface area contributed by atoms with Crippen molar-refractivity contribution >= 4 is 14.0 Å². The molecule has 1 aromatic rings. The van der Waals surface area contributed by atoms with Crippen molar-refractivity contribution in [2.45, 2.75) is 71.1 Å². The highest BCUT2D eigenvalue weighted by Crippen LogP contribution is 2.39. The standard InChI is InChI=1S/C18H29NO2Si/c1-14-12-13-18(5,19(14)20)15-8-10-16(11-9-15)21-22(6,7)17(2,3)4/h8-11H,12-13H2,1-7H3/t18-/m0/s1. The second-order valence-electron chi connectivity index (χ2n) is 8.19. The van der Waals surface area contributed by atoms with Crippen molar-refractivity contribution in [3.63, 3.8) is 0 Å². The van der Waals surface area contributed by atoms with Gasteiger partial charge in [0.1, 0.15) is 5.75 Å². The first kappa shape index (κ1) is 17.1. The zero-order chi connectivity index (χ0) is 16.8. The highest BCUT2D eigenvalue weighted by Gasteiger charge is 2.42. The van der Waals surface area contributed by atoms with Gasteiger partial charge in [-0.3, -0.25) is 0 Å². The summed E-state index contributed by atoms with van der Waals surface area (Å²) in [5.41, 5.74) is 1.56. The molecule has 1 aliphatic heterocycles. The molecule has 22 heavy (non-hydrogen) atoms. The monoisotopic (exact) mass is 319 g/mol. The van der Waals surface area contributed by atoms with Crippen LogP contribution in [0.4, 0.5) is 0 Å². The van der Waals surface area contributed by atoms with Crippen molar-refractivity contribution in [3.05, 3.63) is 35.0 Å². The van der Waals surface area contributed by atoms with Gasteiger partial charge in [-0.2, -0.15) is 0 Å². The van der Waals surface area contributed by atoms with Gasteiger partial charge in [0.15, 0.2) is 11.3 Å². The second kappa shape index (κ2) is 5.41. The normalized spacial score (nSPS) is 23.0. The fourth-order valence-electron chi connectivity index (χ4n) is 2.64. The summed E-state index contributed by atoms with van der Waals surface area (Å²) < 4.78 is 7.48. The van der Waals surface area contributed by atoms with E-state index in [1.54, 1.807) is 0 Å². The molecule has 0 unspecified atom stereocenters. The van der Waals surface area contributed by atoms with Gasteiger partial charge < -0.3 is 9.63 Å². The molecular formula is C18H29NO2Si. The molecule has 0 bridgehead atoms. The summed E-state index contributed by atoms with van der Waals surface area (Å²) in [5, 5.41) is 12.5. The van der Waals surface area contributed by atoms with Gasteiger partial charge in [-0.1, -0.05) is 20.8 Å². The van der Waals surface area contributed by atoms with Gasteiger partial charge in [0.25, 0.3) is 0 Å². The van der Waals surface area contributed by atoms with Gasteiger partial charge >= 0.3 is 0 Å². The van der Waals surface area contributed by atoms with E-state index < -0.39 is 13.9 Å². The Kier molecular flexibility index (Phi) is 4.20. The minimum Gasteiger partial charge on any atom is -0.623 e. The molecule has 0 saturated heterocycles. The Hall–Kier alpha value is -1.29. The first-order chi connectivity index (χ1) is 9.97. The molecule has 0 aromatic heterocycles. The average molecular weight is 320 g/mol. The first-order valence-corrected chi connectivity index (χ1v) is 11.0. The first-order valence-electron chi connectivity index (χ1n) is 8.07. The van der Waals surface area contributed by atoms with Crippen molar-refractivity contribution in [1.29, 1.82) is 0 Å². The predicted molar refractivity (Wildman–Crippen MR) is 95.2 cm³/mol. The van der Waals surface area contributed by atoms with Crippen molar-refractivity contribution in [1.82, 2.24) is 0 Å². The summed E-state index contributed by atoms with van der Waals surface area (Å²) in [6, 6.07) is 8.13. The fourth-order valence-corrected chi connectivity index (χ4v) is 3.67. The van der Waals surface area contributed by atoms with Gasteiger partial charge in [0.2, 0.25) is 8.32 Å². The quantitative estimate of drug-likeness (QED) is 0.444. The molecule has 2 rings (SSSR count). The zero-order valence-electron chi connectivity index (χ0n) is 15.0. The van der Waals surface area contributed by atoms with Crippen LogP contribution in [0.2, 0.25) is 18.1 Å². The van der Waals surface area contributed by atoms with Gasteiger partial charge in [-0.05, 0) is 42.4 Å². The smallest absolute Gasteiger partial charge is 0.250 e. The maximum Gasteiger partial charge on any atom is 0.250 e. The Bertz CT molecular complexity index is 584. The molecule has 0 amide bonds. The molecule has 3 nitrogen and oxygen atoms in total. The fraction of sp³-hybridized carbons (Fsp3) is 0.611. The van der Waals surface area contributed by atoms with Crippen molar-refractivity contribution in [2.75, 3.05) is 0 Å². The highest BCUT2D eigenvalue weighted by molar-refractivity contribution is 6.74. The Morgan fingerprint density at radius 1 is 1.18 bits per heavy atom. The van der Waals surface area contributed by atoms with Gasteiger partial charge in [0, 0.05) is 32.3 Å². The summed E-state index contributed by atoms with van der Waals surface area (Å²) in [6.07, 6.45) is 1.76. The lowest BCUT2D eigenvalue weighted by Crippen LogP contribution is -2.43. The van der Waals surface area contributed by atoms with Gasteiger partial charge in [-0.25, -0.2) is 4.74 Å². The summed E-state index contributed by atoms with van der Waals surface area (Å²) >= 11 is 0. The van der Waals surface area contributed by atoms with Crippen LogP contribution in [0.1, 0.15) is 53.0 Å². The lowest BCUT2D eigenvalue weighted by Gasteiger charge is -2.36. The zero-order valence-corrected chi connectivity index (χ0v) is 16.0. The van der Waals surface area contributed by atoms with Crippen LogP contribution in [0.3, 0.4) is 0 Å². The third-order valence-electron chi connectivity index (χ3n) is 5.42. The number of hydrogen-bond acceptors (Lipinski definition) is 2. The van der Waals surface area contributed by atoms with Crippen LogP contribution < -0.4 is 4.43 Å². The van der Waals surface area contributed by atoms with Crippen molar-refractivity contribution < 1.29 is 9.16 Å². The molecule has 1 aliphatic rings. The molecule has 0 aliphatic carbocycles. The molecule has 0 N–H and O–H groups in total. The maximum absolute atomic E-state index is 12.3. The van der Waals surface area contributed by atoms with Crippen LogP contribution in [-0.2, 0) is 5.54 Å². The van der Waals surface area contributed by atoms with Crippen LogP contribution in [-0.4, -0.2) is 18.8 Å². The molecule has 4 heteroatoms. The van der Waals surface area contributed by atoms with Crippen LogP contribution in [0.5, 0.6) is 5.75 Å². The number of hydrogen-bond donors (Lipinski definition) is 0. The number of rotatable bonds is 3. The maximum atomic E-state index is 12.3. The molecule has 0 fully saturated rings. The Labute approximate surface area is 135 Å². The molecule has 0 radical (unpaired) electrons. The number of nitrogens with zero attached hydrogens (tertiary/aromatic N) is 1. The Morgan fingerprint density at radius 3 is 2.14 bits per heavy atom. The third kappa shape index (κ3) is 2.93. The van der Waals surface area contributed by atoms with Crippen LogP contribution in [0.25, 0.3) is 0 Å². The lowest BCUT2D eigenvalue weighted by atomic mass is 9.90. The molecule has 1 heterocycles. The van der Waals surface area contributed by atoms with E-state index in [0.717, 1.165) is 29.9 Å². The van der Waals surface area contributed by atoms with E-state index in [1.807, 2.05) is 38.1 Å². The molecular weight excluding hydrogens is 290 g/mol. The summed E-state index contributed by atoms with van der Waals surface area (Å²) in [4.78, 5) is 0. The Morgan fingerprint density at radius 2 is 1.73 bits per heavy atom. The van der Waals surface area contributed by atoms with E-state index in [9.17, 15) is 5.21 Å². The molecule has 122 valence electrons. The van der Waals surface area contributed by atoms with Crippen LogP contribution >= 0.6 is 0 Å². The minimum atomic E-state index is -1.81. The number of hydroxylamine groups is 1. The number of benzene rings is 1. The van der Waals surface area contributed by atoms with E-state index in [2.05, 4.69) is 33.9 Å². The average Bonchev–Trinajstić information content (AvgIpc) is 2.67. The Balaban J connectivity index is 2.22. The topological polar surface area (TPSA) is 35.3 Å². The minimum absolute atomic E-state index is 0.182. The SMILES string of the molecule is CC1=[N+]([O-])[C@](C)(c2ccc(O[Si](C)(C)C(C)(C)C)cc2)CC1. The molecule has 0 saturated carbocycles. The molecule has 0 spiro atoms. The van der Waals surface area contributed by atoms with Gasteiger partial charge in [0.05, 0.1) is 0 Å². The van der Waals surface area contributed by atoms with E-state index >= 15 is 0 Å². The van der Waals surface area contributed by atoms with Crippen molar-refractivity contribution in [3.8, 4) is 5.75 Å². The van der Waals surface area contributed by atoms with E-state index in [-0.39, 0.29) is 5.04 Å². The third-order valence-corrected chi connectivity index (χ3v) is 9.78. The van der Waals surface area contributed by atoms with E-state index in [4.69, 9.17) is 4.43 Å². The van der Waals surface area contributed by atoms with E-state index in [1.165, 1.54) is 4.74 Å². The summed E-state index contributed by atoms with van der Waals surface area (Å²) in [5.74, 6) is 0.912. The highest BCUT2D eigenvalue weighted by atomic mass is 28.4. The van der Waals surface area contributed by atoms with Crippen LogP contribution in [0, 0.1) is 5.21 Å². The second-order valence-corrected chi connectivity index (χ2v) is 12.9. The largest absolute Gasteiger partial charge is 0.623 e. The predicted octanol–water partition coefficient (Wildman–Crippen LogP) is 5.05. The molecule has 1 aromatic carbocycles. The van der Waals surface area contributed by atoms with E-state index in [0.29, 0.717) is 0 Å². The summed E-state index contributed by atoms with van der Waals surface area (Å²) in [6.45, 7) is 15.2. The van der Waals surface area contributed by atoms with Crippen molar-refractivity contribution in [2.24, 2.45) is 0 Å². The van der Waals surface area contributed by atoms with Crippen LogP contribution in [0.15, 0.2) is 24.3 Å². The summed E-state index contributed by atoms with van der Waals surface area (Å²) in [7, 11) is -1.81. The molecule has 1 atom stereocenters. The van der Waals surface area contributed by atoms with Gasteiger partial charge in [-0.15, -0.1) is 0 Å².